The van der Waals surface area contributed by atoms with Crippen molar-refractivity contribution in [1.29, 1.82) is 0 Å². The molecule has 1 atom stereocenters. The summed E-state index contributed by atoms with van der Waals surface area (Å²) in [6.07, 6.45) is 6.33. The average Bonchev–Trinajstić information content (AvgIpc) is 3.53. The largest absolute Gasteiger partial charge is 1.00 e. The first-order chi connectivity index (χ1) is 20.9. The van der Waals surface area contributed by atoms with Crippen LogP contribution >= 0.6 is 23.2 Å². The molecule has 4 aromatic rings. The standard InChI is InChI=1S/C17H17.C13H8Cl2.C11H17.2ClH.Zr/c1-10-5-14-9-15-6-11(2)13(4)8-17(15)16(14)7-12(10)3;14-12-5-1-10(2-6-12)9-11-3-7-13(15)8-4-11;1-5-9-6-7-10(8-9)11(2,3)4;;;/h5-9H,1-4H3;1-8H;7-9H,5H2,1-4H3;2*1H;/q;;;;;+2/p-2. The summed E-state index contributed by atoms with van der Waals surface area (Å²) < 4.78 is 3.57. The van der Waals surface area contributed by atoms with Gasteiger partial charge in [-0.25, -0.2) is 0 Å². The Morgan fingerprint density at radius 1 is 0.674 bits per heavy atom. The van der Waals surface area contributed by atoms with E-state index >= 15 is 0 Å². The van der Waals surface area contributed by atoms with E-state index in [4.69, 9.17) is 23.2 Å². The zero-order chi connectivity index (χ0) is 31.5. The van der Waals surface area contributed by atoms with E-state index in [9.17, 15) is 0 Å². The van der Waals surface area contributed by atoms with E-state index in [-0.39, 0.29) is 30.2 Å². The summed E-state index contributed by atoms with van der Waals surface area (Å²) in [5.41, 5.74) is 15.5. The van der Waals surface area contributed by atoms with Gasteiger partial charge in [0, 0.05) is 0 Å². The fourth-order valence-corrected chi connectivity index (χ4v) is 17.0. The number of fused-ring (bicyclic) bond motifs is 3. The summed E-state index contributed by atoms with van der Waals surface area (Å²) in [7, 11) is 0. The summed E-state index contributed by atoms with van der Waals surface area (Å²) in [6, 6.07) is 27.2. The van der Waals surface area contributed by atoms with Crippen molar-refractivity contribution in [1.82, 2.24) is 0 Å². The van der Waals surface area contributed by atoms with Crippen LogP contribution in [0.5, 0.6) is 0 Å². The molecule has 4 aromatic carbocycles. The van der Waals surface area contributed by atoms with E-state index in [0.717, 1.165) is 16.5 Å². The molecule has 238 valence electrons. The molecule has 0 bridgehead atoms. The van der Waals surface area contributed by atoms with Crippen LogP contribution in [0, 0.1) is 39.0 Å². The predicted octanol–water partition coefficient (Wildman–Crippen LogP) is 6.09. The number of rotatable bonds is 5. The molecular formula is C41H42Cl4Zr. The molecule has 0 amide bonds. The zero-order valence-electron chi connectivity index (χ0n) is 28.0. The number of benzene rings is 4. The van der Waals surface area contributed by atoms with Crippen LogP contribution in [0.15, 0.2) is 93.8 Å². The third-order valence-corrected chi connectivity index (χ3v) is 18.8. The number of halogens is 4. The van der Waals surface area contributed by atoms with Crippen molar-refractivity contribution >= 4 is 26.4 Å². The minimum Gasteiger partial charge on any atom is -1.00 e. The van der Waals surface area contributed by atoms with Crippen molar-refractivity contribution in [2.45, 2.75) is 65.4 Å². The predicted molar refractivity (Wildman–Crippen MR) is 188 cm³/mol. The van der Waals surface area contributed by atoms with Crippen LogP contribution in [-0.4, -0.2) is 3.21 Å². The van der Waals surface area contributed by atoms with Gasteiger partial charge in [-0.1, -0.05) is 0 Å². The smallest absolute Gasteiger partial charge is 1.00 e. The summed E-state index contributed by atoms with van der Waals surface area (Å²) in [6.45, 7) is 18.5. The third-order valence-electron chi connectivity index (χ3n) is 9.78. The van der Waals surface area contributed by atoms with Gasteiger partial charge in [0.2, 0.25) is 0 Å². The maximum Gasteiger partial charge on any atom is -1.00 e. The van der Waals surface area contributed by atoms with Gasteiger partial charge in [0.25, 0.3) is 0 Å². The van der Waals surface area contributed by atoms with E-state index < -0.39 is 21.3 Å². The summed E-state index contributed by atoms with van der Waals surface area (Å²) in [5, 5.41) is 1.54. The van der Waals surface area contributed by atoms with Gasteiger partial charge < -0.3 is 24.8 Å². The average molecular weight is 768 g/mol. The van der Waals surface area contributed by atoms with Crippen molar-refractivity contribution in [3.05, 3.63) is 148 Å². The number of hydrogen-bond donors (Lipinski definition) is 0. The Bertz CT molecular complexity index is 1760. The maximum absolute atomic E-state index is 6.50. The monoisotopic (exact) mass is 764 g/mol. The van der Waals surface area contributed by atoms with Gasteiger partial charge in [-0.15, -0.1) is 0 Å². The second-order valence-corrected chi connectivity index (χ2v) is 20.7. The van der Waals surface area contributed by atoms with Crippen LogP contribution in [-0.2, 0) is 21.3 Å². The summed E-state index contributed by atoms with van der Waals surface area (Å²) >= 11 is 10.1. The fraction of sp³-hybridized carbons (Fsp3) is 0.293. The Morgan fingerprint density at radius 2 is 1.09 bits per heavy atom. The molecule has 5 heteroatoms. The first kappa shape index (κ1) is 37.1. The number of allylic oxidation sites excluding steroid dienone is 4. The summed E-state index contributed by atoms with van der Waals surface area (Å²) in [5.74, 6) is 0.443. The fourth-order valence-electron chi connectivity index (χ4n) is 6.98. The Morgan fingerprint density at radius 3 is 1.48 bits per heavy atom. The Labute approximate surface area is 306 Å². The molecule has 0 nitrogen and oxygen atoms in total. The van der Waals surface area contributed by atoms with Crippen LogP contribution in [0.25, 0.3) is 11.1 Å². The minimum absolute atomic E-state index is 0. The van der Waals surface area contributed by atoms with Crippen molar-refractivity contribution < 1.29 is 46.1 Å². The molecule has 1 unspecified atom stereocenters. The van der Waals surface area contributed by atoms with Gasteiger partial charge in [0.1, 0.15) is 0 Å². The molecule has 0 heterocycles. The van der Waals surface area contributed by atoms with Gasteiger partial charge in [-0.05, 0) is 0 Å². The molecule has 46 heavy (non-hydrogen) atoms. The van der Waals surface area contributed by atoms with Crippen molar-refractivity contribution in [2.24, 2.45) is 11.3 Å². The van der Waals surface area contributed by atoms with Crippen molar-refractivity contribution in [2.75, 3.05) is 0 Å². The second-order valence-electron chi connectivity index (χ2n) is 13.8. The topological polar surface area (TPSA) is 0 Å². The van der Waals surface area contributed by atoms with E-state index in [1.54, 1.807) is 3.28 Å². The molecule has 2 aliphatic carbocycles. The van der Waals surface area contributed by atoms with Crippen LogP contribution in [0.3, 0.4) is 0 Å². The van der Waals surface area contributed by atoms with E-state index in [0.29, 0.717) is 9.54 Å². The molecule has 0 saturated carbocycles. The van der Waals surface area contributed by atoms with Crippen LogP contribution in [0.2, 0.25) is 10.0 Å². The molecule has 6 rings (SSSR count). The first-order valence-corrected chi connectivity index (χ1v) is 20.4. The van der Waals surface area contributed by atoms with Gasteiger partial charge in [-0.2, -0.15) is 0 Å². The summed E-state index contributed by atoms with van der Waals surface area (Å²) in [4.78, 5) is 0. The van der Waals surface area contributed by atoms with Gasteiger partial charge in [0.15, 0.2) is 0 Å². The normalized spacial score (nSPS) is 15.1. The van der Waals surface area contributed by atoms with Crippen LogP contribution in [0.4, 0.5) is 0 Å². The van der Waals surface area contributed by atoms with Gasteiger partial charge in [-0.3, -0.25) is 0 Å². The zero-order valence-corrected chi connectivity index (χ0v) is 33.4. The number of hydrogen-bond acceptors (Lipinski definition) is 0. The quantitative estimate of drug-likeness (QED) is 0.231. The van der Waals surface area contributed by atoms with E-state index in [1.165, 1.54) is 64.4 Å². The van der Waals surface area contributed by atoms with Crippen molar-refractivity contribution in [3.8, 4) is 11.1 Å². The Hall–Kier alpha value is -1.73. The van der Waals surface area contributed by atoms with E-state index in [2.05, 4.69) is 140 Å². The molecule has 0 radical (unpaired) electrons. The maximum atomic E-state index is 6.50. The van der Waals surface area contributed by atoms with Crippen LogP contribution in [0.1, 0.15) is 82.2 Å². The first-order valence-electron chi connectivity index (χ1n) is 15.8. The van der Waals surface area contributed by atoms with Crippen molar-refractivity contribution in [3.63, 3.8) is 0 Å². The SMILES string of the molecule is CCC1C=C(C(C)(C)C)C=[C]1[Zr+2](=[C](c1ccc(Cl)cc1)c1ccc(Cl)cc1)[CH]1c2cc(C)c(C)cc2-c2cc(C)c(C)cc21.[Cl-].[Cl-]. The molecule has 0 aromatic heterocycles. The molecule has 0 fully saturated rings. The van der Waals surface area contributed by atoms with Gasteiger partial charge in [0.05, 0.1) is 0 Å². The van der Waals surface area contributed by atoms with E-state index in [1.807, 2.05) is 0 Å². The third kappa shape index (κ3) is 6.88. The van der Waals surface area contributed by atoms with Crippen LogP contribution < -0.4 is 24.8 Å². The number of aryl methyl sites for hydroxylation is 4. The van der Waals surface area contributed by atoms with Gasteiger partial charge >= 0.3 is 284 Å². The second kappa shape index (κ2) is 14.4. The molecule has 0 N–H and O–H groups in total. The molecule has 2 aliphatic rings. The molecule has 0 spiro atoms. The Kier molecular flexibility index (Phi) is 11.6. The molecule has 0 saturated heterocycles. The minimum atomic E-state index is -2.92. The molecular weight excluding hydrogens is 725 g/mol. The Balaban J connectivity index is 0.00000240. The molecule has 0 aliphatic heterocycles.